The van der Waals surface area contributed by atoms with Crippen LogP contribution in [-0.4, -0.2) is 14.4 Å². The fourth-order valence-electron chi connectivity index (χ4n) is 7.90. The Kier molecular flexibility index (Phi) is 7.04. The molecule has 0 N–H and O–H groups in total. The average Bonchev–Trinajstić information content (AvgIpc) is 3.78. The van der Waals surface area contributed by atoms with Crippen LogP contribution in [0.25, 0.3) is 104 Å². The number of hydrogen-bond acceptors (Lipinski definition) is 3. The predicted molar refractivity (Wildman–Crippen MR) is 228 cm³/mol. The zero-order valence-electron chi connectivity index (χ0n) is 29.1. The maximum Gasteiger partial charge on any atom is 0.160 e. The topological polar surface area (TPSA) is 30.2 Å². The van der Waals surface area contributed by atoms with E-state index in [2.05, 4.69) is 192 Å². The minimum Gasteiger partial charge on any atom is -0.299 e. The molecule has 8 aromatic carbocycles. The summed E-state index contributed by atoms with van der Waals surface area (Å²) in [6.07, 6.45) is 0. The molecule has 0 saturated carbocycles. The van der Waals surface area contributed by atoms with E-state index in [4.69, 9.17) is 9.97 Å². The van der Waals surface area contributed by atoms with Gasteiger partial charge in [0, 0.05) is 27.6 Å². The molecule has 0 radical (unpaired) electrons. The molecule has 0 fully saturated rings. The molecule has 0 aliphatic carbocycles. The Labute approximate surface area is 316 Å². The molecule has 0 unspecified atom stereocenters. The first kappa shape index (κ1) is 30.7. The zero-order chi connectivity index (χ0) is 35.6. The van der Waals surface area contributed by atoms with E-state index in [9.17, 15) is 0 Å². The normalized spacial score (nSPS) is 11.7. The number of benzene rings is 8. The molecule has 0 bridgehead atoms. The summed E-state index contributed by atoms with van der Waals surface area (Å²) in [5.74, 6) is 0.713. The Morgan fingerprint density at radius 3 is 1.72 bits per heavy atom. The third kappa shape index (κ3) is 5.11. The van der Waals surface area contributed by atoms with Gasteiger partial charge >= 0.3 is 0 Å². The van der Waals surface area contributed by atoms with Gasteiger partial charge < -0.3 is 0 Å². The van der Waals surface area contributed by atoms with Crippen LogP contribution >= 0.6 is 11.3 Å². The summed E-state index contributed by atoms with van der Waals surface area (Å²) >= 11 is 1.86. The van der Waals surface area contributed by atoms with Crippen LogP contribution in [0.1, 0.15) is 0 Å². The van der Waals surface area contributed by atoms with E-state index in [0.29, 0.717) is 5.82 Å². The van der Waals surface area contributed by atoms with Crippen molar-refractivity contribution in [2.45, 2.75) is 0 Å². The lowest BCUT2D eigenvalue weighted by Gasteiger charge is -2.11. The molecule has 252 valence electrons. The number of nitrogens with zero attached hydrogens (tertiary/aromatic N) is 3. The van der Waals surface area contributed by atoms with E-state index in [1.54, 1.807) is 0 Å². The second kappa shape index (κ2) is 12.4. The highest BCUT2D eigenvalue weighted by Crippen LogP contribution is 2.43. The minimum atomic E-state index is 0.713. The van der Waals surface area contributed by atoms with Crippen molar-refractivity contribution >= 4 is 58.8 Å². The first-order valence-electron chi connectivity index (χ1n) is 18.2. The van der Waals surface area contributed by atoms with E-state index in [1.165, 1.54) is 64.2 Å². The van der Waals surface area contributed by atoms with Crippen molar-refractivity contribution in [2.75, 3.05) is 0 Å². The zero-order valence-corrected chi connectivity index (χ0v) is 30.0. The van der Waals surface area contributed by atoms with Gasteiger partial charge in [-0.1, -0.05) is 146 Å². The van der Waals surface area contributed by atoms with Gasteiger partial charge in [0.05, 0.1) is 27.1 Å². The molecule has 3 aromatic heterocycles. The standard InChI is InChI=1S/C50H31N3S/c1-3-12-36-28-39(26-22-32(36)10-1)44-31-43(51-49(52-44)41-27-23-33-11-2-4-13-37(33)30-41)35-24-20-34(21-25-35)38-14-9-15-40(29-38)48-42-16-5-6-17-45(42)53-46-18-7-8-19-47(46)54-50(48)53/h1-31H. The predicted octanol–water partition coefficient (Wildman–Crippen LogP) is 13.7. The highest BCUT2D eigenvalue weighted by atomic mass is 32.1. The van der Waals surface area contributed by atoms with Gasteiger partial charge in [-0.25, -0.2) is 9.97 Å². The largest absolute Gasteiger partial charge is 0.299 e. The van der Waals surface area contributed by atoms with Crippen molar-refractivity contribution in [1.29, 1.82) is 0 Å². The third-order valence-corrected chi connectivity index (χ3v) is 11.7. The van der Waals surface area contributed by atoms with Gasteiger partial charge in [0.1, 0.15) is 4.83 Å². The van der Waals surface area contributed by atoms with E-state index >= 15 is 0 Å². The number of aromatic nitrogens is 3. The molecule has 11 rings (SSSR count). The molecule has 4 heteroatoms. The van der Waals surface area contributed by atoms with Crippen molar-refractivity contribution in [3.8, 4) is 56.2 Å². The molecular weight excluding hydrogens is 675 g/mol. The second-order valence-electron chi connectivity index (χ2n) is 13.8. The van der Waals surface area contributed by atoms with Crippen LogP contribution in [0.5, 0.6) is 0 Å². The van der Waals surface area contributed by atoms with Crippen molar-refractivity contribution < 1.29 is 0 Å². The first-order valence-corrected chi connectivity index (χ1v) is 19.0. The maximum atomic E-state index is 5.18. The van der Waals surface area contributed by atoms with Crippen molar-refractivity contribution in [3.05, 3.63) is 188 Å². The summed E-state index contributed by atoms with van der Waals surface area (Å²) in [5, 5.41) is 6.05. The minimum absolute atomic E-state index is 0.713. The van der Waals surface area contributed by atoms with E-state index in [-0.39, 0.29) is 0 Å². The van der Waals surface area contributed by atoms with Crippen molar-refractivity contribution in [3.63, 3.8) is 0 Å². The van der Waals surface area contributed by atoms with Gasteiger partial charge in [-0.05, 0) is 80.7 Å². The molecule has 0 spiro atoms. The summed E-state index contributed by atoms with van der Waals surface area (Å²) in [5.41, 5.74) is 12.3. The molecule has 54 heavy (non-hydrogen) atoms. The number of thiazole rings is 1. The Morgan fingerprint density at radius 2 is 0.944 bits per heavy atom. The van der Waals surface area contributed by atoms with E-state index in [1.807, 2.05) is 11.3 Å². The second-order valence-corrected chi connectivity index (χ2v) is 14.9. The summed E-state index contributed by atoms with van der Waals surface area (Å²) in [7, 11) is 0. The molecule has 0 saturated heterocycles. The lowest BCUT2D eigenvalue weighted by molar-refractivity contribution is 1.18. The molecule has 3 nitrogen and oxygen atoms in total. The van der Waals surface area contributed by atoms with Gasteiger partial charge in [-0.3, -0.25) is 4.40 Å². The van der Waals surface area contributed by atoms with E-state index in [0.717, 1.165) is 33.6 Å². The number of hydrogen-bond donors (Lipinski definition) is 0. The fourth-order valence-corrected chi connectivity index (χ4v) is 9.14. The quantitative estimate of drug-likeness (QED) is 0.178. The van der Waals surface area contributed by atoms with Crippen LogP contribution in [0.2, 0.25) is 0 Å². The monoisotopic (exact) mass is 705 g/mol. The number of para-hydroxylation sites is 2. The van der Waals surface area contributed by atoms with Crippen LogP contribution in [-0.2, 0) is 0 Å². The smallest absolute Gasteiger partial charge is 0.160 e. The first-order chi connectivity index (χ1) is 26.7. The Balaban J connectivity index is 1.01. The summed E-state index contributed by atoms with van der Waals surface area (Å²) in [6.45, 7) is 0. The number of rotatable bonds is 5. The number of fused-ring (bicyclic) bond motifs is 7. The van der Waals surface area contributed by atoms with Gasteiger partial charge in [0.15, 0.2) is 5.82 Å². The molecule has 0 aliphatic rings. The van der Waals surface area contributed by atoms with Crippen LogP contribution in [0.15, 0.2) is 188 Å². The maximum absolute atomic E-state index is 5.18. The lowest BCUT2D eigenvalue weighted by Crippen LogP contribution is -1.96. The van der Waals surface area contributed by atoms with Crippen LogP contribution in [0, 0.1) is 0 Å². The molecular formula is C50H31N3S. The highest BCUT2D eigenvalue weighted by Gasteiger charge is 2.18. The van der Waals surface area contributed by atoms with E-state index < -0.39 is 0 Å². The summed E-state index contributed by atoms with van der Waals surface area (Å²) in [4.78, 5) is 11.6. The van der Waals surface area contributed by atoms with Crippen molar-refractivity contribution in [1.82, 2.24) is 14.4 Å². The van der Waals surface area contributed by atoms with Gasteiger partial charge in [0.25, 0.3) is 0 Å². The lowest BCUT2D eigenvalue weighted by atomic mass is 9.97. The van der Waals surface area contributed by atoms with Gasteiger partial charge in [-0.15, -0.1) is 11.3 Å². The van der Waals surface area contributed by atoms with Crippen molar-refractivity contribution in [2.24, 2.45) is 0 Å². The SMILES string of the molecule is c1cc(-c2ccc(-c3cc(-c4ccc5ccccc5c4)nc(-c4ccc5ccccc5c4)n3)cc2)cc(-c2c3ccccc3n3c2sc2ccccc23)c1. The Morgan fingerprint density at radius 1 is 0.370 bits per heavy atom. The Bertz CT molecular complexity index is 3130. The molecule has 3 heterocycles. The fraction of sp³-hybridized carbons (Fsp3) is 0. The summed E-state index contributed by atoms with van der Waals surface area (Å²) < 4.78 is 3.72. The average molecular weight is 706 g/mol. The molecule has 0 aliphatic heterocycles. The van der Waals surface area contributed by atoms with Crippen LogP contribution in [0.4, 0.5) is 0 Å². The third-order valence-electron chi connectivity index (χ3n) is 10.6. The van der Waals surface area contributed by atoms with Gasteiger partial charge in [0.2, 0.25) is 0 Å². The molecule has 11 aromatic rings. The summed E-state index contributed by atoms with van der Waals surface area (Å²) in [6, 6.07) is 67.3. The van der Waals surface area contributed by atoms with Gasteiger partial charge in [-0.2, -0.15) is 0 Å². The Hall–Kier alpha value is -6.88. The molecule has 0 amide bonds. The van der Waals surface area contributed by atoms with Crippen LogP contribution < -0.4 is 0 Å². The van der Waals surface area contributed by atoms with Crippen LogP contribution in [0.3, 0.4) is 0 Å². The highest BCUT2D eigenvalue weighted by molar-refractivity contribution is 7.24. The molecule has 0 atom stereocenters.